The molecule has 1 atom stereocenters. The molecule has 5 heteroatoms. The van der Waals surface area contributed by atoms with E-state index in [1.807, 2.05) is 6.92 Å². The molecule has 1 unspecified atom stereocenters. The monoisotopic (exact) mass is 280 g/mol. The highest BCUT2D eigenvalue weighted by atomic mass is 16.5. The van der Waals surface area contributed by atoms with Gasteiger partial charge < -0.3 is 15.2 Å². The number of aromatic carboxylic acids is 1. The van der Waals surface area contributed by atoms with Gasteiger partial charge in [0.1, 0.15) is 5.82 Å². The molecule has 0 spiro atoms. The molecule has 0 saturated heterocycles. The molecule has 2 N–H and O–H groups in total. The Balaban J connectivity index is 2.93. The first kappa shape index (κ1) is 16.4. The quantitative estimate of drug-likeness (QED) is 0.727. The van der Waals surface area contributed by atoms with Gasteiger partial charge in [0.05, 0.1) is 18.2 Å². The third-order valence-electron chi connectivity index (χ3n) is 2.99. The largest absolute Gasteiger partial charge is 0.478 e. The SMILES string of the molecule is CCCc1cc(C(=O)O)cc(NC(CCC)COC)n1. The zero-order chi connectivity index (χ0) is 15.0. The molecular weight excluding hydrogens is 256 g/mol. The highest BCUT2D eigenvalue weighted by Crippen LogP contribution is 2.15. The summed E-state index contributed by atoms with van der Waals surface area (Å²) in [7, 11) is 1.66. The van der Waals surface area contributed by atoms with Crippen LogP contribution in [0.15, 0.2) is 12.1 Å². The van der Waals surface area contributed by atoms with E-state index in [4.69, 9.17) is 9.84 Å². The summed E-state index contributed by atoms with van der Waals surface area (Å²) in [6.45, 7) is 4.73. The maximum absolute atomic E-state index is 11.2. The van der Waals surface area contributed by atoms with Gasteiger partial charge in [-0.05, 0) is 25.0 Å². The number of ether oxygens (including phenoxy) is 1. The Labute approximate surface area is 120 Å². The smallest absolute Gasteiger partial charge is 0.335 e. The zero-order valence-corrected chi connectivity index (χ0v) is 12.5. The van der Waals surface area contributed by atoms with Crippen LogP contribution in [0.4, 0.5) is 5.82 Å². The number of hydrogen-bond acceptors (Lipinski definition) is 4. The lowest BCUT2D eigenvalue weighted by molar-refractivity contribution is 0.0696. The Morgan fingerprint density at radius 3 is 2.70 bits per heavy atom. The van der Waals surface area contributed by atoms with E-state index in [0.29, 0.717) is 12.4 Å². The van der Waals surface area contributed by atoms with Crippen LogP contribution in [0.1, 0.15) is 49.2 Å². The first-order valence-corrected chi connectivity index (χ1v) is 7.10. The normalized spacial score (nSPS) is 12.2. The highest BCUT2D eigenvalue weighted by molar-refractivity contribution is 5.88. The average molecular weight is 280 g/mol. The first-order valence-electron chi connectivity index (χ1n) is 7.10. The molecule has 0 aliphatic rings. The summed E-state index contributed by atoms with van der Waals surface area (Å²) < 4.78 is 5.18. The van der Waals surface area contributed by atoms with Gasteiger partial charge in [0.25, 0.3) is 0 Å². The van der Waals surface area contributed by atoms with Crippen molar-refractivity contribution >= 4 is 11.8 Å². The van der Waals surface area contributed by atoms with Gasteiger partial charge >= 0.3 is 5.97 Å². The van der Waals surface area contributed by atoms with Gasteiger partial charge in [-0.2, -0.15) is 0 Å². The van der Waals surface area contributed by atoms with Crippen molar-refractivity contribution in [1.29, 1.82) is 0 Å². The number of carbonyl (C=O) groups is 1. The Morgan fingerprint density at radius 2 is 2.15 bits per heavy atom. The predicted octanol–water partition coefficient (Wildman–Crippen LogP) is 2.96. The Hall–Kier alpha value is -1.62. The first-order chi connectivity index (χ1) is 9.60. The van der Waals surface area contributed by atoms with Gasteiger partial charge in [0, 0.05) is 12.8 Å². The van der Waals surface area contributed by atoms with Gasteiger partial charge in [-0.25, -0.2) is 9.78 Å². The summed E-state index contributed by atoms with van der Waals surface area (Å²) in [5.74, 6) is -0.310. The second-order valence-electron chi connectivity index (χ2n) is 4.87. The van der Waals surface area contributed by atoms with Crippen LogP contribution in [-0.4, -0.2) is 35.8 Å². The summed E-state index contributed by atoms with van der Waals surface area (Å²) in [6.07, 6.45) is 3.70. The van der Waals surface area contributed by atoms with Crippen LogP contribution in [0.2, 0.25) is 0 Å². The minimum absolute atomic E-state index is 0.149. The molecule has 1 rings (SSSR count). The van der Waals surface area contributed by atoms with Crippen LogP contribution in [0.25, 0.3) is 0 Å². The molecule has 0 aromatic carbocycles. The van der Waals surface area contributed by atoms with E-state index in [-0.39, 0.29) is 11.6 Å². The molecule has 5 nitrogen and oxygen atoms in total. The van der Waals surface area contributed by atoms with E-state index in [1.54, 1.807) is 19.2 Å². The van der Waals surface area contributed by atoms with E-state index >= 15 is 0 Å². The fraction of sp³-hybridized carbons (Fsp3) is 0.600. The average Bonchev–Trinajstić information content (AvgIpc) is 2.39. The number of pyridine rings is 1. The maximum atomic E-state index is 11.2. The number of methoxy groups -OCH3 is 1. The van der Waals surface area contributed by atoms with E-state index in [9.17, 15) is 4.79 Å². The van der Waals surface area contributed by atoms with Crippen molar-refractivity contribution in [3.8, 4) is 0 Å². The fourth-order valence-corrected chi connectivity index (χ4v) is 2.13. The second kappa shape index (κ2) is 8.53. The van der Waals surface area contributed by atoms with Crippen LogP contribution >= 0.6 is 0 Å². The summed E-state index contributed by atoms with van der Waals surface area (Å²) >= 11 is 0. The van der Waals surface area contributed by atoms with Gasteiger partial charge in [-0.3, -0.25) is 0 Å². The molecule has 0 aliphatic heterocycles. The van der Waals surface area contributed by atoms with Crippen LogP contribution < -0.4 is 5.32 Å². The lowest BCUT2D eigenvalue weighted by Crippen LogP contribution is -2.25. The molecule has 0 aliphatic carbocycles. The van der Waals surface area contributed by atoms with Gasteiger partial charge in [-0.1, -0.05) is 26.7 Å². The van der Waals surface area contributed by atoms with E-state index < -0.39 is 5.97 Å². The Morgan fingerprint density at radius 1 is 1.40 bits per heavy atom. The zero-order valence-electron chi connectivity index (χ0n) is 12.5. The summed E-state index contributed by atoms with van der Waals surface area (Å²) in [6, 6.07) is 3.37. The summed E-state index contributed by atoms with van der Waals surface area (Å²) in [4.78, 5) is 15.6. The van der Waals surface area contributed by atoms with Crippen LogP contribution in [0, 0.1) is 0 Å². The number of nitrogens with one attached hydrogen (secondary N) is 1. The van der Waals surface area contributed by atoms with Crippen LogP contribution in [0.5, 0.6) is 0 Å². The minimum Gasteiger partial charge on any atom is -0.478 e. The molecule has 0 fully saturated rings. The third kappa shape index (κ3) is 5.17. The van der Waals surface area contributed by atoms with Crippen molar-refractivity contribution in [1.82, 2.24) is 4.98 Å². The standard InChI is InChI=1S/C15H24N2O3/c1-4-6-12-8-11(15(18)19)9-14(16-12)17-13(7-5-2)10-20-3/h8-9,13H,4-7,10H2,1-3H3,(H,16,17)(H,18,19). The number of aryl methyl sites for hydroxylation is 1. The minimum atomic E-state index is -0.924. The number of rotatable bonds is 9. The molecular formula is C15H24N2O3. The maximum Gasteiger partial charge on any atom is 0.335 e. The number of nitrogens with zero attached hydrogens (tertiary/aromatic N) is 1. The number of carboxylic acids is 1. The molecule has 1 aromatic rings. The van der Waals surface area contributed by atoms with E-state index in [0.717, 1.165) is 31.4 Å². The lowest BCUT2D eigenvalue weighted by atomic mass is 10.1. The van der Waals surface area contributed by atoms with Crippen molar-refractivity contribution < 1.29 is 14.6 Å². The van der Waals surface area contributed by atoms with Gasteiger partial charge in [0.2, 0.25) is 0 Å². The van der Waals surface area contributed by atoms with Gasteiger partial charge in [0.15, 0.2) is 0 Å². The number of hydrogen-bond donors (Lipinski definition) is 2. The molecule has 0 saturated carbocycles. The lowest BCUT2D eigenvalue weighted by Gasteiger charge is -2.18. The summed E-state index contributed by atoms with van der Waals surface area (Å²) in [5, 5.41) is 12.4. The predicted molar refractivity (Wildman–Crippen MR) is 79.4 cm³/mol. The van der Waals surface area contributed by atoms with Crippen molar-refractivity contribution in [3.05, 3.63) is 23.4 Å². The number of carboxylic acid groups (broad SMARTS) is 1. The van der Waals surface area contributed by atoms with E-state index in [2.05, 4.69) is 17.2 Å². The summed E-state index contributed by atoms with van der Waals surface area (Å²) in [5.41, 5.74) is 1.08. The van der Waals surface area contributed by atoms with E-state index in [1.165, 1.54) is 0 Å². The molecule has 112 valence electrons. The van der Waals surface area contributed by atoms with Crippen molar-refractivity contribution in [2.75, 3.05) is 19.0 Å². The fourth-order valence-electron chi connectivity index (χ4n) is 2.13. The molecule has 20 heavy (non-hydrogen) atoms. The topological polar surface area (TPSA) is 71.5 Å². The number of aromatic nitrogens is 1. The highest BCUT2D eigenvalue weighted by Gasteiger charge is 2.12. The molecule has 0 amide bonds. The van der Waals surface area contributed by atoms with Crippen molar-refractivity contribution in [2.45, 2.75) is 45.6 Å². The molecule has 1 heterocycles. The second-order valence-corrected chi connectivity index (χ2v) is 4.87. The van der Waals surface area contributed by atoms with Crippen LogP contribution in [0.3, 0.4) is 0 Å². The van der Waals surface area contributed by atoms with Gasteiger partial charge in [-0.15, -0.1) is 0 Å². The van der Waals surface area contributed by atoms with Crippen molar-refractivity contribution in [2.24, 2.45) is 0 Å². The Bertz CT molecular complexity index is 429. The molecule has 0 bridgehead atoms. The third-order valence-corrected chi connectivity index (χ3v) is 2.99. The van der Waals surface area contributed by atoms with Crippen LogP contribution in [-0.2, 0) is 11.2 Å². The molecule has 0 radical (unpaired) electrons. The number of anilines is 1. The van der Waals surface area contributed by atoms with Crippen molar-refractivity contribution in [3.63, 3.8) is 0 Å². The molecule has 1 aromatic heterocycles. The Kier molecular flexibility index (Phi) is 7.01.